The Labute approximate surface area is 185 Å². The molecule has 1 saturated heterocycles. The highest BCUT2D eigenvalue weighted by Gasteiger charge is 2.27. The molecule has 0 unspecified atom stereocenters. The van der Waals surface area contributed by atoms with Crippen LogP contribution >= 0.6 is 0 Å². The van der Waals surface area contributed by atoms with Gasteiger partial charge in [0.2, 0.25) is 0 Å². The Kier molecular flexibility index (Phi) is 7.02. The second-order valence-corrected chi connectivity index (χ2v) is 9.15. The fourth-order valence-electron chi connectivity index (χ4n) is 4.83. The van der Waals surface area contributed by atoms with E-state index in [1.165, 1.54) is 32.8 Å². The summed E-state index contributed by atoms with van der Waals surface area (Å²) in [6.07, 6.45) is 5.49. The van der Waals surface area contributed by atoms with E-state index in [2.05, 4.69) is 15.1 Å². The maximum absolute atomic E-state index is 12.3. The van der Waals surface area contributed by atoms with E-state index in [1.54, 1.807) is 0 Å². The van der Waals surface area contributed by atoms with Gasteiger partial charge in [-0.1, -0.05) is 38.8 Å². The van der Waals surface area contributed by atoms with Gasteiger partial charge in [-0.25, -0.2) is 14.8 Å². The lowest BCUT2D eigenvalue weighted by Crippen LogP contribution is -2.49. The molecule has 1 aliphatic carbocycles. The number of nitrogens with one attached hydrogen (secondary N) is 1. The van der Waals surface area contributed by atoms with E-state index in [0.717, 1.165) is 55.5 Å². The number of nitrogens with zero attached hydrogens (tertiary/aromatic N) is 4. The third-order valence-corrected chi connectivity index (χ3v) is 6.68. The molecule has 2 heterocycles. The maximum atomic E-state index is 12.3. The van der Waals surface area contributed by atoms with Crippen molar-refractivity contribution in [2.45, 2.75) is 58.2 Å². The number of piperazine rings is 1. The molecule has 0 radical (unpaired) electrons. The molecular weight excluding hydrogens is 390 g/mol. The molecule has 1 aliphatic heterocycles. The standard InChI is InChI=1S/C24H35N5O2/c1-17(2)22(24(30)31-3)27-23-19-10-6-7-11-20(19)25-21(26-23)16-28-12-14-29(15-13-28)18-8-4-5-9-18/h6-7,10-11,17-18,22H,4-5,8-9,12-16H2,1-3H3,(H,25,26,27)/t22-/m0/s1. The van der Waals surface area contributed by atoms with E-state index >= 15 is 0 Å². The zero-order chi connectivity index (χ0) is 21.8. The summed E-state index contributed by atoms with van der Waals surface area (Å²) in [5.41, 5.74) is 0.895. The number of para-hydroxylation sites is 1. The number of hydrogen-bond acceptors (Lipinski definition) is 7. The third-order valence-electron chi connectivity index (χ3n) is 6.68. The first-order valence-electron chi connectivity index (χ1n) is 11.6. The number of hydrogen-bond donors (Lipinski definition) is 1. The lowest BCUT2D eigenvalue weighted by atomic mass is 10.0. The Morgan fingerprint density at radius 2 is 1.84 bits per heavy atom. The molecule has 1 aromatic heterocycles. The van der Waals surface area contributed by atoms with Gasteiger partial charge in [0, 0.05) is 37.6 Å². The van der Waals surface area contributed by atoms with Crippen molar-refractivity contribution in [3.05, 3.63) is 30.1 Å². The molecule has 0 bridgehead atoms. The third kappa shape index (κ3) is 5.15. The molecular formula is C24H35N5O2. The molecule has 1 atom stereocenters. The van der Waals surface area contributed by atoms with Crippen LogP contribution in [-0.2, 0) is 16.1 Å². The summed E-state index contributed by atoms with van der Waals surface area (Å²) in [4.78, 5) is 27.1. The molecule has 2 aromatic rings. The maximum Gasteiger partial charge on any atom is 0.328 e. The molecule has 0 spiro atoms. The predicted octanol–water partition coefficient (Wildman–Crippen LogP) is 3.30. The molecule has 168 valence electrons. The van der Waals surface area contributed by atoms with Crippen molar-refractivity contribution < 1.29 is 9.53 Å². The number of fused-ring (bicyclic) bond motifs is 1. The van der Waals surface area contributed by atoms with Gasteiger partial charge in [0.25, 0.3) is 0 Å². The van der Waals surface area contributed by atoms with Crippen molar-refractivity contribution in [2.75, 3.05) is 38.6 Å². The summed E-state index contributed by atoms with van der Waals surface area (Å²) in [6.45, 7) is 9.08. The van der Waals surface area contributed by atoms with Gasteiger partial charge in [-0.2, -0.15) is 0 Å². The van der Waals surface area contributed by atoms with Gasteiger partial charge < -0.3 is 10.1 Å². The molecule has 0 amide bonds. The Bertz CT molecular complexity index is 889. The van der Waals surface area contributed by atoms with Crippen LogP contribution < -0.4 is 5.32 Å². The first-order chi connectivity index (χ1) is 15.0. The van der Waals surface area contributed by atoms with Crippen molar-refractivity contribution in [3.8, 4) is 0 Å². The van der Waals surface area contributed by atoms with Crippen LogP contribution in [0.2, 0.25) is 0 Å². The minimum atomic E-state index is -0.453. The van der Waals surface area contributed by atoms with Gasteiger partial charge in [0.05, 0.1) is 19.2 Å². The lowest BCUT2D eigenvalue weighted by molar-refractivity contribution is -0.142. The van der Waals surface area contributed by atoms with Crippen molar-refractivity contribution in [2.24, 2.45) is 5.92 Å². The van der Waals surface area contributed by atoms with E-state index in [-0.39, 0.29) is 11.9 Å². The zero-order valence-corrected chi connectivity index (χ0v) is 19.0. The van der Waals surface area contributed by atoms with Crippen molar-refractivity contribution in [1.82, 2.24) is 19.8 Å². The van der Waals surface area contributed by atoms with Crippen molar-refractivity contribution >= 4 is 22.7 Å². The molecule has 2 fully saturated rings. The molecule has 1 N–H and O–H groups in total. The van der Waals surface area contributed by atoms with E-state index in [0.29, 0.717) is 5.82 Å². The summed E-state index contributed by atoms with van der Waals surface area (Å²) in [5.74, 6) is 1.30. The van der Waals surface area contributed by atoms with E-state index in [1.807, 2.05) is 38.1 Å². The Hall–Kier alpha value is -2.25. The summed E-state index contributed by atoms with van der Waals surface area (Å²) in [7, 11) is 1.42. The van der Waals surface area contributed by atoms with Gasteiger partial charge in [-0.15, -0.1) is 0 Å². The molecule has 2 aliphatic rings. The number of esters is 1. The lowest BCUT2D eigenvalue weighted by Gasteiger charge is -2.37. The van der Waals surface area contributed by atoms with Gasteiger partial charge in [0.1, 0.15) is 17.7 Å². The SMILES string of the molecule is COC(=O)[C@@H](Nc1nc(CN2CCN(C3CCCC3)CC2)nc2ccccc12)C(C)C. The fourth-order valence-corrected chi connectivity index (χ4v) is 4.83. The van der Waals surface area contributed by atoms with Crippen LogP contribution in [0, 0.1) is 5.92 Å². The minimum absolute atomic E-state index is 0.0771. The van der Waals surface area contributed by atoms with Crippen LogP contribution in [0.5, 0.6) is 0 Å². The molecule has 1 aromatic carbocycles. The van der Waals surface area contributed by atoms with E-state index in [9.17, 15) is 4.79 Å². The number of carbonyl (C=O) groups is 1. The van der Waals surface area contributed by atoms with Crippen molar-refractivity contribution in [1.29, 1.82) is 0 Å². The van der Waals surface area contributed by atoms with Crippen LogP contribution in [-0.4, -0.2) is 71.1 Å². The smallest absolute Gasteiger partial charge is 0.328 e. The van der Waals surface area contributed by atoms with Crippen LogP contribution in [0.3, 0.4) is 0 Å². The highest BCUT2D eigenvalue weighted by molar-refractivity contribution is 5.91. The number of anilines is 1. The average molecular weight is 426 g/mol. The van der Waals surface area contributed by atoms with Crippen LogP contribution in [0.15, 0.2) is 24.3 Å². The Morgan fingerprint density at radius 3 is 2.52 bits per heavy atom. The number of benzene rings is 1. The Morgan fingerprint density at radius 1 is 1.13 bits per heavy atom. The van der Waals surface area contributed by atoms with E-state index in [4.69, 9.17) is 14.7 Å². The topological polar surface area (TPSA) is 70.6 Å². The molecule has 31 heavy (non-hydrogen) atoms. The van der Waals surface area contributed by atoms with Gasteiger partial charge in [-0.3, -0.25) is 9.80 Å². The van der Waals surface area contributed by atoms with Crippen molar-refractivity contribution in [3.63, 3.8) is 0 Å². The normalized spacial score (nSPS) is 19.7. The highest BCUT2D eigenvalue weighted by atomic mass is 16.5. The van der Waals surface area contributed by atoms with Crippen LogP contribution in [0.4, 0.5) is 5.82 Å². The fraction of sp³-hybridized carbons (Fsp3) is 0.625. The number of carbonyl (C=O) groups excluding carboxylic acids is 1. The highest BCUT2D eigenvalue weighted by Crippen LogP contribution is 2.26. The first-order valence-corrected chi connectivity index (χ1v) is 11.6. The molecule has 7 heteroatoms. The molecule has 4 rings (SSSR count). The Balaban J connectivity index is 1.50. The first kappa shape index (κ1) is 22.0. The number of aromatic nitrogens is 2. The van der Waals surface area contributed by atoms with E-state index < -0.39 is 6.04 Å². The largest absolute Gasteiger partial charge is 0.467 e. The van der Waals surface area contributed by atoms with Crippen LogP contribution in [0.1, 0.15) is 45.4 Å². The summed E-state index contributed by atoms with van der Waals surface area (Å²) in [5, 5.41) is 4.26. The molecule has 1 saturated carbocycles. The van der Waals surface area contributed by atoms with Gasteiger partial charge >= 0.3 is 5.97 Å². The predicted molar refractivity (Wildman–Crippen MR) is 123 cm³/mol. The van der Waals surface area contributed by atoms with Gasteiger partial charge in [0.15, 0.2) is 0 Å². The number of rotatable bonds is 7. The zero-order valence-electron chi connectivity index (χ0n) is 19.0. The number of methoxy groups -OCH3 is 1. The second kappa shape index (κ2) is 9.92. The van der Waals surface area contributed by atoms with Gasteiger partial charge in [-0.05, 0) is 30.9 Å². The minimum Gasteiger partial charge on any atom is -0.467 e. The summed E-state index contributed by atoms with van der Waals surface area (Å²) in [6, 6.07) is 8.31. The average Bonchev–Trinajstić information content (AvgIpc) is 3.32. The summed E-state index contributed by atoms with van der Waals surface area (Å²) >= 11 is 0. The van der Waals surface area contributed by atoms with Crippen LogP contribution in [0.25, 0.3) is 10.9 Å². The second-order valence-electron chi connectivity index (χ2n) is 9.15. The molecule has 7 nitrogen and oxygen atoms in total. The monoisotopic (exact) mass is 425 g/mol. The number of ether oxygens (including phenoxy) is 1. The summed E-state index contributed by atoms with van der Waals surface area (Å²) < 4.78 is 5.00. The quantitative estimate of drug-likeness (QED) is 0.683.